The summed E-state index contributed by atoms with van der Waals surface area (Å²) in [4.78, 5) is 35.0. The van der Waals surface area contributed by atoms with Crippen LogP contribution in [0.5, 0.6) is 0 Å². The second kappa shape index (κ2) is 8.81. The fraction of sp³-hybridized carbons (Fsp3) is 0.353. The number of aromatic nitrogens is 2. The number of nitrogens with zero attached hydrogens (tertiary/aromatic N) is 3. The molecule has 1 aliphatic rings. The average molecular weight is 410 g/mol. The molecule has 150 valence electrons. The lowest BCUT2D eigenvalue weighted by Gasteiger charge is -2.17. The van der Waals surface area contributed by atoms with Crippen LogP contribution in [0.3, 0.4) is 0 Å². The number of hydrogen-bond donors (Lipinski definition) is 2. The average Bonchev–Trinajstić information content (AvgIpc) is 3.29. The molecule has 1 saturated heterocycles. The Kier molecular flexibility index (Phi) is 6.71. The van der Waals surface area contributed by atoms with Gasteiger partial charge in [-0.1, -0.05) is 0 Å². The van der Waals surface area contributed by atoms with E-state index in [4.69, 9.17) is 0 Å². The highest BCUT2D eigenvalue weighted by atomic mass is 35.5. The van der Waals surface area contributed by atoms with Crippen molar-refractivity contribution in [1.82, 2.24) is 15.1 Å². The van der Waals surface area contributed by atoms with Gasteiger partial charge in [0.05, 0.1) is 29.7 Å². The number of halogens is 1. The quantitative estimate of drug-likeness (QED) is 0.434. The summed E-state index contributed by atoms with van der Waals surface area (Å²) in [5, 5.41) is 21.1. The molecule has 0 spiro atoms. The van der Waals surface area contributed by atoms with Gasteiger partial charge in [-0.25, -0.2) is 4.79 Å². The Hall–Kier alpha value is -2.98. The van der Waals surface area contributed by atoms with Crippen LogP contribution in [0.4, 0.5) is 11.4 Å². The number of carbonyl (C=O) groups is 2. The van der Waals surface area contributed by atoms with Crippen molar-refractivity contribution in [2.24, 2.45) is 13.0 Å². The van der Waals surface area contributed by atoms with E-state index in [0.717, 1.165) is 11.6 Å². The summed E-state index contributed by atoms with van der Waals surface area (Å²) < 4.78 is 6.29. The molecule has 0 radical (unpaired) electrons. The molecule has 1 amide bonds. The number of benzene rings is 1. The molecule has 2 atom stereocenters. The largest absolute Gasteiger partial charge is 0.465 e. The number of non-ortho nitro benzene ring substituents is 1. The maximum Gasteiger partial charge on any atom is 0.338 e. The highest BCUT2D eigenvalue weighted by Gasteiger charge is 2.35. The number of carbonyl (C=O) groups excluding carboxylic acids is 2. The minimum Gasteiger partial charge on any atom is -0.465 e. The van der Waals surface area contributed by atoms with E-state index in [0.29, 0.717) is 13.1 Å². The van der Waals surface area contributed by atoms with Crippen molar-refractivity contribution in [2.75, 3.05) is 25.5 Å². The Morgan fingerprint density at radius 3 is 2.71 bits per heavy atom. The molecule has 1 aromatic carbocycles. The van der Waals surface area contributed by atoms with Gasteiger partial charge in [0.1, 0.15) is 0 Å². The standard InChI is InChI=1S/C17H19N5O5.ClH/c1-21-9-11(6-19-21)14-7-18-8-15(14)16(23)20-12-3-10(17(24)27-2)4-13(5-12)22(25)26;/h3-6,9,14-15,18H,7-8H2,1-2H3,(H,20,23);1H/t14-,15+;/m1./s1. The maximum absolute atomic E-state index is 12.8. The summed E-state index contributed by atoms with van der Waals surface area (Å²) in [7, 11) is 2.99. The molecule has 0 saturated carbocycles. The molecular weight excluding hydrogens is 390 g/mol. The smallest absolute Gasteiger partial charge is 0.338 e. The highest BCUT2D eigenvalue weighted by molar-refractivity contribution is 5.97. The molecule has 2 N–H and O–H groups in total. The van der Waals surface area contributed by atoms with Crippen molar-refractivity contribution in [2.45, 2.75) is 5.92 Å². The van der Waals surface area contributed by atoms with E-state index in [-0.39, 0.29) is 47.1 Å². The summed E-state index contributed by atoms with van der Waals surface area (Å²) in [6, 6.07) is 3.68. The molecule has 0 aliphatic carbocycles. The Labute approximate surface area is 166 Å². The molecule has 28 heavy (non-hydrogen) atoms. The lowest BCUT2D eigenvalue weighted by molar-refractivity contribution is -0.384. The van der Waals surface area contributed by atoms with Crippen molar-refractivity contribution < 1.29 is 19.2 Å². The van der Waals surface area contributed by atoms with E-state index >= 15 is 0 Å². The molecule has 1 aliphatic heterocycles. The fourth-order valence-electron chi connectivity index (χ4n) is 3.20. The Morgan fingerprint density at radius 1 is 1.36 bits per heavy atom. The second-order valence-electron chi connectivity index (χ2n) is 6.33. The van der Waals surface area contributed by atoms with Gasteiger partial charge in [-0.2, -0.15) is 5.10 Å². The maximum atomic E-state index is 12.8. The molecule has 0 unspecified atom stereocenters. The molecule has 0 bridgehead atoms. The van der Waals surface area contributed by atoms with Crippen LogP contribution in [-0.4, -0.2) is 46.8 Å². The number of nitro benzene ring substituents is 1. The van der Waals surface area contributed by atoms with Crippen molar-refractivity contribution in [3.05, 3.63) is 51.8 Å². The molecule has 2 heterocycles. The first-order valence-corrected chi connectivity index (χ1v) is 8.27. The summed E-state index contributed by atoms with van der Waals surface area (Å²) in [5.74, 6) is -1.43. The number of esters is 1. The van der Waals surface area contributed by atoms with E-state index in [2.05, 4.69) is 20.5 Å². The Bertz CT molecular complexity index is 900. The third-order valence-corrected chi connectivity index (χ3v) is 4.52. The van der Waals surface area contributed by atoms with Gasteiger partial charge in [0.2, 0.25) is 5.91 Å². The zero-order valence-electron chi connectivity index (χ0n) is 15.2. The number of hydrogen-bond acceptors (Lipinski definition) is 7. The van der Waals surface area contributed by atoms with Crippen LogP contribution < -0.4 is 10.6 Å². The molecule has 11 heteroatoms. The van der Waals surface area contributed by atoms with Crippen molar-refractivity contribution in [1.29, 1.82) is 0 Å². The minimum atomic E-state index is -0.718. The van der Waals surface area contributed by atoms with E-state index in [1.807, 2.05) is 6.20 Å². The third kappa shape index (κ3) is 4.46. The SMILES string of the molecule is COC(=O)c1cc(NC(=O)[C@H]2CNC[C@@H]2c2cnn(C)c2)cc([N+](=O)[O-])c1.Cl. The fourth-order valence-corrected chi connectivity index (χ4v) is 3.20. The highest BCUT2D eigenvalue weighted by Crippen LogP contribution is 2.29. The normalized spacial score (nSPS) is 18.2. The van der Waals surface area contributed by atoms with Gasteiger partial charge in [-0.05, 0) is 11.6 Å². The summed E-state index contributed by atoms with van der Waals surface area (Å²) >= 11 is 0. The third-order valence-electron chi connectivity index (χ3n) is 4.52. The zero-order valence-corrected chi connectivity index (χ0v) is 16.1. The topological polar surface area (TPSA) is 128 Å². The summed E-state index contributed by atoms with van der Waals surface area (Å²) in [6.07, 6.45) is 3.58. The monoisotopic (exact) mass is 409 g/mol. The molecule has 3 rings (SSSR count). The van der Waals surface area contributed by atoms with Gasteiger partial charge in [-0.15, -0.1) is 12.4 Å². The number of anilines is 1. The number of amides is 1. The molecule has 1 aromatic heterocycles. The molecule has 1 fully saturated rings. The van der Waals surface area contributed by atoms with Gasteiger partial charge < -0.3 is 15.4 Å². The van der Waals surface area contributed by atoms with Gasteiger partial charge in [0.15, 0.2) is 0 Å². The van der Waals surface area contributed by atoms with Crippen molar-refractivity contribution in [3.8, 4) is 0 Å². The van der Waals surface area contributed by atoms with Crippen molar-refractivity contribution in [3.63, 3.8) is 0 Å². The Balaban J connectivity index is 0.00000280. The lowest BCUT2D eigenvalue weighted by atomic mass is 9.90. The first-order valence-electron chi connectivity index (χ1n) is 8.27. The van der Waals surface area contributed by atoms with Crippen molar-refractivity contribution >= 4 is 35.7 Å². The molecule has 10 nitrogen and oxygen atoms in total. The van der Waals surface area contributed by atoms with Gasteiger partial charge in [0.25, 0.3) is 5.69 Å². The van der Waals surface area contributed by atoms with Crippen LogP contribution in [0.15, 0.2) is 30.6 Å². The second-order valence-corrected chi connectivity index (χ2v) is 6.33. The van der Waals surface area contributed by atoms with Gasteiger partial charge >= 0.3 is 5.97 Å². The van der Waals surface area contributed by atoms with Gasteiger partial charge in [0, 0.05) is 50.1 Å². The predicted molar refractivity (Wildman–Crippen MR) is 103 cm³/mol. The first kappa shape index (κ1) is 21.3. The Morgan fingerprint density at radius 2 is 2.11 bits per heavy atom. The zero-order chi connectivity index (χ0) is 19.6. The number of rotatable bonds is 5. The number of nitrogens with one attached hydrogen (secondary N) is 2. The van der Waals surface area contributed by atoms with Crippen LogP contribution in [-0.2, 0) is 16.6 Å². The predicted octanol–water partition coefficient (Wildman–Crippen LogP) is 1.48. The minimum absolute atomic E-state index is 0. The van der Waals surface area contributed by atoms with E-state index in [9.17, 15) is 19.7 Å². The number of methoxy groups -OCH3 is 1. The molecular formula is C17H20ClN5O5. The van der Waals surface area contributed by atoms with Crippen LogP contribution in [0, 0.1) is 16.0 Å². The lowest BCUT2D eigenvalue weighted by Crippen LogP contribution is -2.28. The van der Waals surface area contributed by atoms with Crippen LogP contribution in [0.25, 0.3) is 0 Å². The van der Waals surface area contributed by atoms with Crippen LogP contribution >= 0.6 is 12.4 Å². The molecule has 2 aromatic rings. The number of ether oxygens (including phenoxy) is 1. The van der Waals surface area contributed by atoms with E-state index < -0.39 is 10.9 Å². The first-order chi connectivity index (χ1) is 12.9. The number of aryl methyl sites for hydroxylation is 1. The van der Waals surface area contributed by atoms with E-state index in [1.165, 1.54) is 19.2 Å². The van der Waals surface area contributed by atoms with E-state index in [1.54, 1.807) is 17.9 Å². The van der Waals surface area contributed by atoms with Crippen LogP contribution in [0.1, 0.15) is 21.8 Å². The summed E-state index contributed by atoms with van der Waals surface area (Å²) in [6.45, 7) is 1.11. The number of nitro groups is 1. The summed E-state index contributed by atoms with van der Waals surface area (Å²) in [5.41, 5.74) is 0.806. The van der Waals surface area contributed by atoms with Crippen LogP contribution in [0.2, 0.25) is 0 Å². The van der Waals surface area contributed by atoms with Gasteiger partial charge in [-0.3, -0.25) is 19.6 Å².